The summed E-state index contributed by atoms with van der Waals surface area (Å²) in [5.74, 6) is -1.95. The van der Waals surface area contributed by atoms with Crippen LogP contribution in [0.15, 0.2) is 60.7 Å². The monoisotopic (exact) mass is 388 g/mol. The van der Waals surface area contributed by atoms with E-state index in [0.29, 0.717) is 24.2 Å². The molecule has 1 saturated heterocycles. The van der Waals surface area contributed by atoms with Gasteiger partial charge in [0.05, 0.1) is 11.4 Å². The highest BCUT2D eigenvalue weighted by Crippen LogP contribution is 2.40. The first kappa shape index (κ1) is 19.1. The summed E-state index contributed by atoms with van der Waals surface area (Å²) in [6, 6.07) is 16.6. The summed E-state index contributed by atoms with van der Waals surface area (Å²) in [5, 5.41) is 2.06. The second-order valence-corrected chi connectivity index (χ2v) is 7.96. The Bertz CT molecular complexity index is 887. The molecule has 1 heterocycles. The maximum Gasteiger partial charge on any atom is 0.289 e. The zero-order valence-electron chi connectivity index (χ0n) is 14.8. The number of hydrogen-bond acceptors (Lipinski definition) is 4. The van der Waals surface area contributed by atoms with Crippen LogP contribution in [0.5, 0.6) is 0 Å². The molecule has 0 bridgehead atoms. The number of carbonyl (C=O) groups excluding carboxylic acids is 2. The van der Waals surface area contributed by atoms with Gasteiger partial charge in [-0.25, -0.2) is 10.0 Å². The number of anilines is 2. The SMILES string of the molecule is CCCCC1(S(=O)(=O)O)C(=O)N(c2ccccc2)N(c2ccccc2)C1=O. The number of nitrogens with zero attached hydrogens (tertiary/aromatic N) is 2. The van der Waals surface area contributed by atoms with Crippen LogP contribution in [0.25, 0.3) is 0 Å². The van der Waals surface area contributed by atoms with E-state index in [0.717, 1.165) is 10.0 Å². The smallest absolute Gasteiger partial charge is 0.284 e. The van der Waals surface area contributed by atoms with Gasteiger partial charge in [0.2, 0.25) is 0 Å². The van der Waals surface area contributed by atoms with Crippen molar-refractivity contribution in [3.8, 4) is 0 Å². The first-order chi connectivity index (χ1) is 12.8. The maximum absolute atomic E-state index is 13.3. The van der Waals surface area contributed by atoms with Gasteiger partial charge >= 0.3 is 0 Å². The molecule has 142 valence electrons. The summed E-state index contributed by atoms with van der Waals surface area (Å²) < 4.78 is 32.0. The van der Waals surface area contributed by atoms with E-state index in [9.17, 15) is 22.6 Å². The number of amides is 2. The van der Waals surface area contributed by atoms with Gasteiger partial charge in [-0.05, 0) is 30.7 Å². The fraction of sp³-hybridized carbons (Fsp3) is 0.263. The number of hydrazine groups is 1. The third-order valence-corrected chi connectivity index (χ3v) is 6.03. The molecule has 0 spiro atoms. The lowest BCUT2D eigenvalue weighted by Gasteiger charge is -2.27. The quantitative estimate of drug-likeness (QED) is 0.606. The van der Waals surface area contributed by atoms with E-state index in [1.165, 1.54) is 0 Å². The number of para-hydroxylation sites is 2. The highest BCUT2D eigenvalue weighted by molar-refractivity contribution is 7.89. The minimum Gasteiger partial charge on any atom is -0.284 e. The van der Waals surface area contributed by atoms with E-state index in [2.05, 4.69) is 0 Å². The fourth-order valence-corrected chi connectivity index (χ4v) is 4.22. The summed E-state index contributed by atoms with van der Waals surface area (Å²) in [7, 11) is -5.00. The average Bonchev–Trinajstić information content (AvgIpc) is 2.89. The Hall–Kier alpha value is -2.71. The molecule has 1 fully saturated rings. The van der Waals surface area contributed by atoms with Gasteiger partial charge in [-0.1, -0.05) is 56.2 Å². The van der Waals surface area contributed by atoms with Crippen LogP contribution in [-0.2, 0) is 19.7 Å². The lowest BCUT2D eigenvalue weighted by atomic mass is 10.00. The summed E-state index contributed by atoms with van der Waals surface area (Å²) in [4.78, 5) is 26.6. The third kappa shape index (κ3) is 3.00. The lowest BCUT2D eigenvalue weighted by molar-refractivity contribution is -0.125. The Morgan fingerprint density at radius 3 is 1.59 bits per heavy atom. The van der Waals surface area contributed by atoms with Crippen molar-refractivity contribution in [2.75, 3.05) is 10.0 Å². The first-order valence-corrected chi connectivity index (χ1v) is 10.0. The van der Waals surface area contributed by atoms with Crippen LogP contribution in [0.3, 0.4) is 0 Å². The molecule has 1 aliphatic rings. The van der Waals surface area contributed by atoms with Crippen molar-refractivity contribution in [3.05, 3.63) is 60.7 Å². The minimum absolute atomic E-state index is 0.285. The maximum atomic E-state index is 13.3. The van der Waals surface area contributed by atoms with Gasteiger partial charge < -0.3 is 0 Å². The van der Waals surface area contributed by atoms with Crippen molar-refractivity contribution in [2.24, 2.45) is 0 Å². The van der Waals surface area contributed by atoms with Crippen molar-refractivity contribution >= 4 is 33.3 Å². The van der Waals surface area contributed by atoms with Crippen LogP contribution in [-0.4, -0.2) is 29.5 Å². The van der Waals surface area contributed by atoms with Crippen LogP contribution in [0.2, 0.25) is 0 Å². The van der Waals surface area contributed by atoms with E-state index in [1.54, 1.807) is 60.7 Å². The van der Waals surface area contributed by atoms with E-state index >= 15 is 0 Å². The zero-order chi connectivity index (χ0) is 19.7. The van der Waals surface area contributed by atoms with E-state index in [4.69, 9.17) is 0 Å². The van der Waals surface area contributed by atoms with Gasteiger partial charge in [0.1, 0.15) is 0 Å². The molecule has 0 saturated carbocycles. The van der Waals surface area contributed by atoms with Gasteiger partial charge in [0.25, 0.3) is 26.7 Å². The topological polar surface area (TPSA) is 95.0 Å². The lowest BCUT2D eigenvalue weighted by Crippen LogP contribution is -2.51. The molecule has 3 rings (SSSR count). The molecule has 1 N–H and O–H groups in total. The third-order valence-electron chi connectivity index (χ3n) is 4.60. The number of rotatable bonds is 6. The van der Waals surface area contributed by atoms with Crippen LogP contribution in [0.4, 0.5) is 11.4 Å². The van der Waals surface area contributed by atoms with Crippen molar-refractivity contribution < 1.29 is 22.6 Å². The van der Waals surface area contributed by atoms with E-state index < -0.39 is 26.7 Å². The Kier molecular flexibility index (Phi) is 5.03. The zero-order valence-corrected chi connectivity index (χ0v) is 15.6. The molecule has 0 aliphatic carbocycles. The molecule has 0 atom stereocenters. The molecule has 7 nitrogen and oxygen atoms in total. The Morgan fingerprint density at radius 1 is 0.852 bits per heavy atom. The van der Waals surface area contributed by atoms with Gasteiger partial charge in [-0.15, -0.1) is 0 Å². The second-order valence-electron chi connectivity index (χ2n) is 6.31. The van der Waals surface area contributed by atoms with Crippen LogP contribution < -0.4 is 10.0 Å². The molecule has 2 aromatic rings. The summed E-state index contributed by atoms with van der Waals surface area (Å²) in [6.07, 6.45) is 0.573. The number of carbonyl (C=O) groups is 2. The van der Waals surface area contributed by atoms with Crippen LogP contribution >= 0.6 is 0 Å². The van der Waals surface area contributed by atoms with E-state index in [-0.39, 0.29) is 6.42 Å². The predicted molar refractivity (Wildman–Crippen MR) is 102 cm³/mol. The van der Waals surface area contributed by atoms with Gasteiger partial charge in [0.15, 0.2) is 0 Å². The van der Waals surface area contributed by atoms with Gasteiger partial charge in [0, 0.05) is 0 Å². The molecule has 1 aliphatic heterocycles. The second kappa shape index (κ2) is 7.13. The highest BCUT2D eigenvalue weighted by atomic mass is 32.2. The van der Waals surface area contributed by atoms with Crippen molar-refractivity contribution in [2.45, 2.75) is 30.9 Å². The normalized spacial score (nSPS) is 16.8. The molecule has 2 aromatic carbocycles. The highest BCUT2D eigenvalue weighted by Gasteiger charge is 2.66. The van der Waals surface area contributed by atoms with Crippen LogP contribution in [0.1, 0.15) is 26.2 Å². The molecular formula is C19H20N2O5S. The average molecular weight is 388 g/mol. The standard InChI is InChI=1S/C19H20N2O5S/c1-2-3-14-19(27(24,25)26)17(22)20(15-10-6-4-7-11-15)21(18(19)23)16-12-8-5-9-13-16/h4-13H,2-3,14H2,1H3,(H,24,25,26). The van der Waals surface area contributed by atoms with Crippen molar-refractivity contribution in [1.82, 2.24) is 0 Å². The molecule has 2 amide bonds. The molecular weight excluding hydrogens is 368 g/mol. The molecule has 0 radical (unpaired) electrons. The fourth-order valence-electron chi connectivity index (χ4n) is 3.21. The van der Waals surface area contributed by atoms with E-state index in [1.807, 2.05) is 6.92 Å². The molecule has 0 unspecified atom stereocenters. The summed E-state index contributed by atoms with van der Waals surface area (Å²) in [5.41, 5.74) is 0.670. The largest absolute Gasteiger partial charge is 0.289 e. The van der Waals surface area contributed by atoms with Crippen LogP contribution in [0, 0.1) is 0 Å². The molecule has 8 heteroatoms. The van der Waals surface area contributed by atoms with Gasteiger partial charge in [-0.2, -0.15) is 8.42 Å². The Morgan fingerprint density at radius 2 is 1.26 bits per heavy atom. The number of unbranched alkanes of at least 4 members (excludes halogenated alkanes) is 1. The predicted octanol–water partition coefficient (Wildman–Crippen LogP) is 2.80. The number of benzene rings is 2. The summed E-state index contributed by atoms with van der Waals surface area (Å²) >= 11 is 0. The minimum atomic E-state index is -5.00. The van der Waals surface area contributed by atoms with Crippen molar-refractivity contribution in [1.29, 1.82) is 0 Å². The first-order valence-electron chi connectivity index (χ1n) is 8.60. The Balaban J connectivity index is 2.25. The van der Waals surface area contributed by atoms with Crippen molar-refractivity contribution in [3.63, 3.8) is 0 Å². The molecule has 0 aromatic heterocycles. The van der Waals surface area contributed by atoms with Gasteiger partial charge in [-0.3, -0.25) is 14.1 Å². The summed E-state index contributed by atoms with van der Waals surface area (Å²) in [6.45, 7) is 1.81. The number of hydrogen-bond donors (Lipinski definition) is 1. The Labute approximate surface area is 157 Å². The molecule has 27 heavy (non-hydrogen) atoms.